The number of carbonyl (C=O) groups is 1. The summed E-state index contributed by atoms with van der Waals surface area (Å²) in [5.41, 5.74) is 1.94. The Morgan fingerprint density at radius 3 is 2.49 bits per heavy atom. The van der Waals surface area contributed by atoms with Crippen molar-refractivity contribution in [2.45, 2.75) is 32.5 Å². The number of allylic oxidation sites excluding steroid dienone is 1. The van der Waals surface area contributed by atoms with Gasteiger partial charge < -0.3 is 34.1 Å². The summed E-state index contributed by atoms with van der Waals surface area (Å²) in [6.45, 7) is 6.13. The zero-order chi connectivity index (χ0) is 28.2. The SMILES string of the molecule is CCO[C@H]1OC(C(=O)NCCOC)=C[C@@H](c2c(C)n(C)n(-c3ccccc3)c2=O)[C@H]1CCOCCOCCO. The van der Waals surface area contributed by atoms with Crippen LogP contribution in [-0.2, 0) is 35.5 Å². The molecule has 0 fully saturated rings. The van der Waals surface area contributed by atoms with Gasteiger partial charge in [0.25, 0.3) is 11.5 Å². The van der Waals surface area contributed by atoms with E-state index in [9.17, 15) is 9.59 Å². The summed E-state index contributed by atoms with van der Waals surface area (Å²) in [6.07, 6.45) is 1.49. The van der Waals surface area contributed by atoms with Gasteiger partial charge in [0.1, 0.15) is 0 Å². The summed E-state index contributed by atoms with van der Waals surface area (Å²) < 4.78 is 31.6. The highest BCUT2D eigenvalue weighted by Crippen LogP contribution is 2.39. The number of methoxy groups -OCH3 is 1. The Kier molecular flexibility index (Phi) is 12.2. The second kappa shape index (κ2) is 15.6. The van der Waals surface area contributed by atoms with Gasteiger partial charge in [-0.1, -0.05) is 18.2 Å². The van der Waals surface area contributed by atoms with E-state index in [-0.39, 0.29) is 30.5 Å². The quantitative estimate of drug-likeness (QED) is 0.304. The predicted molar refractivity (Wildman–Crippen MR) is 145 cm³/mol. The number of rotatable bonds is 16. The Balaban J connectivity index is 1.97. The Morgan fingerprint density at radius 2 is 1.82 bits per heavy atom. The minimum absolute atomic E-state index is 0.0399. The summed E-state index contributed by atoms with van der Waals surface area (Å²) >= 11 is 0. The molecule has 2 N–H and O–H groups in total. The monoisotopic (exact) mass is 547 g/mol. The molecule has 2 heterocycles. The molecule has 11 heteroatoms. The zero-order valence-corrected chi connectivity index (χ0v) is 23.3. The first-order valence-electron chi connectivity index (χ1n) is 13.3. The van der Waals surface area contributed by atoms with Gasteiger partial charge in [0.2, 0.25) is 6.29 Å². The Bertz CT molecular complexity index is 1130. The molecule has 0 bridgehead atoms. The number of nitrogens with one attached hydrogen (secondary N) is 1. The fraction of sp³-hybridized carbons (Fsp3) is 0.571. The molecule has 0 spiro atoms. The van der Waals surface area contributed by atoms with E-state index >= 15 is 0 Å². The van der Waals surface area contributed by atoms with Crippen LogP contribution >= 0.6 is 0 Å². The molecule has 216 valence electrons. The van der Waals surface area contributed by atoms with Crippen LogP contribution in [-0.4, -0.2) is 86.6 Å². The second-order valence-corrected chi connectivity index (χ2v) is 9.12. The number of amides is 1. The molecule has 3 atom stereocenters. The average Bonchev–Trinajstić information content (AvgIpc) is 3.16. The maximum atomic E-state index is 13.9. The minimum Gasteiger partial charge on any atom is -0.459 e. The molecule has 0 aliphatic carbocycles. The summed E-state index contributed by atoms with van der Waals surface area (Å²) in [4.78, 5) is 26.9. The van der Waals surface area contributed by atoms with Gasteiger partial charge in [0, 0.05) is 57.0 Å². The normalized spacial score (nSPS) is 19.0. The van der Waals surface area contributed by atoms with Crippen LogP contribution in [0.1, 0.15) is 30.5 Å². The smallest absolute Gasteiger partial charge is 0.286 e. The average molecular weight is 548 g/mol. The van der Waals surface area contributed by atoms with Crippen molar-refractivity contribution in [3.05, 3.63) is 63.8 Å². The topological polar surface area (TPSA) is 122 Å². The predicted octanol–water partition coefficient (Wildman–Crippen LogP) is 1.64. The van der Waals surface area contributed by atoms with Crippen molar-refractivity contribution < 1.29 is 33.6 Å². The lowest BCUT2D eigenvalue weighted by molar-refractivity contribution is -0.168. The van der Waals surface area contributed by atoms with E-state index in [0.29, 0.717) is 51.6 Å². The molecule has 1 aliphatic rings. The Morgan fingerprint density at radius 1 is 1.10 bits per heavy atom. The molecule has 1 amide bonds. The molecule has 0 radical (unpaired) electrons. The van der Waals surface area contributed by atoms with Crippen molar-refractivity contribution in [3.63, 3.8) is 0 Å². The van der Waals surface area contributed by atoms with Crippen molar-refractivity contribution in [3.8, 4) is 5.69 Å². The standard InChI is InChI=1S/C28H41N3O8/c1-5-38-28-22(11-14-36-17-18-37-16-13-32)23(19-24(39-28)26(33)29-12-15-35-4)25-20(2)30(3)31(27(25)34)21-9-7-6-8-10-21/h6-10,19,22-23,28,32H,5,11-18H2,1-4H3,(H,29,33)/t22-,23-,28+/m1/s1. The van der Waals surface area contributed by atoms with Crippen LogP contribution in [0.5, 0.6) is 0 Å². The Labute approximate surface area is 229 Å². The van der Waals surface area contributed by atoms with E-state index in [1.54, 1.807) is 17.9 Å². The van der Waals surface area contributed by atoms with Crippen molar-refractivity contribution in [2.24, 2.45) is 13.0 Å². The molecule has 3 rings (SSSR count). The van der Waals surface area contributed by atoms with Crippen LogP contribution in [0.25, 0.3) is 5.69 Å². The fourth-order valence-corrected chi connectivity index (χ4v) is 4.70. The maximum absolute atomic E-state index is 13.9. The number of aromatic nitrogens is 2. The van der Waals surface area contributed by atoms with E-state index < -0.39 is 18.1 Å². The van der Waals surface area contributed by atoms with E-state index in [1.807, 2.05) is 55.9 Å². The molecular formula is C28H41N3O8. The summed E-state index contributed by atoms with van der Waals surface area (Å²) in [7, 11) is 3.41. The van der Waals surface area contributed by atoms with Crippen LogP contribution in [0.4, 0.5) is 0 Å². The number of ether oxygens (including phenoxy) is 5. The van der Waals surface area contributed by atoms with Gasteiger partial charge in [0.15, 0.2) is 5.76 Å². The van der Waals surface area contributed by atoms with E-state index in [4.69, 9.17) is 28.8 Å². The summed E-state index contributed by atoms with van der Waals surface area (Å²) in [5.74, 6) is -1.04. The van der Waals surface area contributed by atoms with Crippen LogP contribution in [0.2, 0.25) is 0 Å². The second-order valence-electron chi connectivity index (χ2n) is 9.12. The lowest BCUT2D eigenvalue weighted by atomic mass is 9.81. The first-order valence-corrected chi connectivity index (χ1v) is 13.3. The van der Waals surface area contributed by atoms with Crippen LogP contribution in [0, 0.1) is 12.8 Å². The molecule has 0 saturated heterocycles. The lowest BCUT2D eigenvalue weighted by Crippen LogP contribution is -2.41. The van der Waals surface area contributed by atoms with Crippen molar-refractivity contribution in [1.29, 1.82) is 0 Å². The first-order chi connectivity index (χ1) is 18.9. The molecule has 0 saturated carbocycles. The Hall–Kier alpha value is -2.96. The molecule has 11 nitrogen and oxygen atoms in total. The maximum Gasteiger partial charge on any atom is 0.286 e. The number of nitrogens with zero attached hydrogens (tertiary/aromatic N) is 2. The fourth-order valence-electron chi connectivity index (χ4n) is 4.70. The highest BCUT2D eigenvalue weighted by Gasteiger charge is 2.41. The van der Waals surface area contributed by atoms with E-state index in [0.717, 1.165) is 11.4 Å². The number of benzene rings is 1. The van der Waals surface area contributed by atoms with Gasteiger partial charge in [-0.15, -0.1) is 0 Å². The molecule has 1 aromatic heterocycles. The highest BCUT2D eigenvalue weighted by atomic mass is 16.7. The van der Waals surface area contributed by atoms with E-state index in [2.05, 4.69) is 5.32 Å². The van der Waals surface area contributed by atoms with Gasteiger partial charge in [-0.2, -0.15) is 0 Å². The molecule has 2 aromatic rings. The number of carbonyl (C=O) groups excluding carboxylic acids is 1. The number of aliphatic hydroxyl groups is 1. The molecule has 1 aliphatic heterocycles. The molecular weight excluding hydrogens is 506 g/mol. The number of para-hydroxylation sites is 1. The van der Waals surface area contributed by atoms with Gasteiger partial charge in [0.05, 0.1) is 38.7 Å². The van der Waals surface area contributed by atoms with Crippen LogP contribution < -0.4 is 10.9 Å². The number of hydrogen-bond donors (Lipinski definition) is 2. The number of aliphatic hydroxyl groups excluding tert-OH is 1. The van der Waals surface area contributed by atoms with E-state index in [1.165, 1.54) is 0 Å². The molecule has 1 aromatic carbocycles. The van der Waals surface area contributed by atoms with Crippen LogP contribution in [0.3, 0.4) is 0 Å². The zero-order valence-electron chi connectivity index (χ0n) is 23.3. The first kappa shape index (κ1) is 30.6. The molecule has 0 unspecified atom stereocenters. The summed E-state index contributed by atoms with van der Waals surface area (Å²) in [6, 6.07) is 9.43. The van der Waals surface area contributed by atoms with Crippen molar-refractivity contribution in [1.82, 2.24) is 14.7 Å². The third-order valence-electron chi connectivity index (χ3n) is 6.67. The molecule has 39 heavy (non-hydrogen) atoms. The highest BCUT2D eigenvalue weighted by molar-refractivity contribution is 5.91. The minimum atomic E-state index is -0.758. The lowest BCUT2D eigenvalue weighted by Gasteiger charge is -2.36. The van der Waals surface area contributed by atoms with Crippen LogP contribution in [0.15, 0.2) is 47.0 Å². The van der Waals surface area contributed by atoms with Gasteiger partial charge in [-0.05, 0) is 38.5 Å². The largest absolute Gasteiger partial charge is 0.459 e. The van der Waals surface area contributed by atoms with Gasteiger partial charge >= 0.3 is 0 Å². The van der Waals surface area contributed by atoms with Crippen molar-refractivity contribution >= 4 is 5.91 Å². The van der Waals surface area contributed by atoms with Gasteiger partial charge in [-0.25, -0.2) is 4.68 Å². The third-order valence-corrected chi connectivity index (χ3v) is 6.67. The van der Waals surface area contributed by atoms with Crippen molar-refractivity contribution in [2.75, 3.05) is 59.9 Å². The third kappa shape index (κ3) is 7.80. The number of hydrogen-bond acceptors (Lipinski definition) is 8. The summed E-state index contributed by atoms with van der Waals surface area (Å²) in [5, 5.41) is 11.6. The van der Waals surface area contributed by atoms with Gasteiger partial charge in [-0.3, -0.25) is 14.3 Å².